The third-order valence-corrected chi connectivity index (χ3v) is 8.62. The third-order valence-electron chi connectivity index (χ3n) is 6.46. The molecule has 0 saturated carbocycles. The van der Waals surface area contributed by atoms with E-state index >= 15 is 0 Å². The minimum atomic E-state index is -0.242. The van der Waals surface area contributed by atoms with E-state index in [1.165, 1.54) is 16.0 Å². The van der Waals surface area contributed by atoms with Crippen LogP contribution in [-0.4, -0.2) is 20.6 Å². The van der Waals surface area contributed by atoms with E-state index in [0.29, 0.717) is 4.91 Å². The molecule has 0 spiro atoms. The zero-order valence-corrected chi connectivity index (χ0v) is 22.5. The summed E-state index contributed by atoms with van der Waals surface area (Å²) in [7, 11) is 0. The SMILES string of the molecule is Cc1cc(-n2c(C)cc(/C=C3\SC(=O)N(Cc4ccc5ccccc5c4)C3=O)c2C)cc(C)c1Br. The van der Waals surface area contributed by atoms with Crippen LogP contribution in [0.5, 0.6) is 0 Å². The molecule has 176 valence electrons. The minimum Gasteiger partial charge on any atom is -0.318 e. The molecule has 1 aliphatic heterocycles. The van der Waals surface area contributed by atoms with E-state index in [9.17, 15) is 9.59 Å². The summed E-state index contributed by atoms with van der Waals surface area (Å²) in [6, 6.07) is 20.5. The fourth-order valence-corrected chi connectivity index (χ4v) is 5.74. The molecule has 35 heavy (non-hydrogen) atoms. The number of carbonyl (C=O) groups is 2. The van der Waals surface area contributed by atoms with E-state index in [-0.39, 0.29) is 17.7 Å². The van der Waals surface area contributed by atoms with Crippen LogP contribution in [0, 0.1) is 27.7 Å². The van der Waals surface area contributed by atoms with Gasteiger partial charge >= 0.3 is 0 Å². The molecule has 2 heterocycles. The molecular weight excluding hydrogens is 520 g/mol. The van der Waals surface area contributed by atoms with Gasteiger partial charge in [0.1, 0.15) is 0 Å². The third kappa shape index (κ3) is 4.37. The summed E-state index contributed by atoms with van der Waals surface area (Å²) in [5, 5.41) is 2.00. The van der Waals surface area contributed by atoms with Crippen LogP contribution in [0.2, 0.25) is 0 Å². The molecule has 1 saturated heterocycles. The van der Waals surface area contributed by atoms with Crippen LogP contribution < -0.4 is 0 Å². The molecule has 0 bridgehead atoms. The van der Waals surface area contributed by atoms with Crippen LogP contribution in [-0.2, 0) is 11.3 Å². The van der Waals surface area contributed by atoms with E-state index in [1.807, 2.05) is 49.4 Å². The van der Waals surface area contributed by atoms with Gasteiger partial charge in [0, 0.05) is 21.5 Å². The second kappa shape index (κ2) is 9.17. The van der Waals surface area contributed by atoms with E-state index in [0.717, 1.165) is 55.2 Å². The Morgan fingerprint density at radius 1 is 0.886 bits per heavy atom. The van der Waals surface area contributed by atoms with Crippen molar-refractivity contribution in [3.05, 3.63) is 104 Å². The first-order valence-electron chi connectivity index (χ1n) is 11.4. The number of aryl methyl sites for hydroxylation is 3. The first kappa shape index (κ1) is 23.6. The van der Waals surface area contributed by atoms with E-state index in [1.54, 1.807) is 0 Å². The van der Waals surface area contributed by atoms with Gasteiger partial charge in [0.25, 0.3) is 11.1 Å². The van der Waals surface area contributed by atoms with Gasteiger partial charge in [-0.2, -0.15) is 0 Å². The first-order chi connectivity index (χ1) is 16.7. The molecule has 1 aromatic heterocycles. The molecule has 6 heteroatoms. The Morgan fingerprint density at radius 3 is 2.29 bits per heavy atom. The fraction of sp³-hybridized carbons (Fsp3) is 0.172. The molecule has 3 aromatic carbocycles. The second-order valence-electron chi connectivity index (χ2n) is 9.00. The van der Waals surface area contributed by atoms with Gasteiger partial charge in [0.2, 0.25) is 0 Å². The van der Waals surface area contributed by atoms with Gasteiger partial charge in [-0.15, -0.1) is 0 Å². The number of amides is 2. The summed E-state index contributed by atoms with van der Waals surface area (Å²) < 4.78 is 3.31. The van der Waals surface area contributed by atoms with Crippen molar-refractivity contribution >= 4 is 55.7 Å². The van der Waals surface area contributed by atoms with Crippen LogP contribution in [0.15, 0.2) is 70.0 Å². The Bertz CT molecular complexity index is 1530. The Balaban J connectivity index is 1.44. The molecule has 5 rings (SSSR count). The fourth-order valence-electron chi connectivity index (χ4n) is 4.68. The van der Waals surface area contributed by atoms with Crippen LogP contribution in [0.3, 0.4) is 0 Å². The molecule has 2 amide bonds. The van der Waals surface area contributed by atoms with E-state index in [2.05, 4.69) is 65.5 Å². The van der Waals surface area contributed by atoms with Crippen molar-refractivity contribution in [1.82, 2.24) is 9.47 Å². The van der Waals surface area contributed by atoms with Crippen molar-refractivity contribution in [3.63, 3.8) is 0 Å². The molecule has 4 aromatic rings. The predicted molar refractivity (Wildman–Crippen MR) is 148 cm³/mol. The van der Waals surface area contributed by atoms with Gasteiger partial charge in [-0.25, -0.2) is 0 Å². The molecule has 0 aliphatic carbocycles. The highest BCUT2D eigenvalue weighted by Crippen LogP contribution is 2.35. The highest BCUT2D eigenvalue weighted by Gasteiger charge is 2.35. The summed E-state index contributed by atoms with van der Waals surface area (Å²) in [6.07, 6.45) is 1.85. The Hall–Kier alpha value is -3.09. The quantitative estimate of drug-likeness (QED) is 0.245. The van der Waals surface area contributed by atoms with E-state index in [4.69, 9.17) is 0 Å². The van der Waals surface area contributed by atoms with Crippen LogP contribution in [0.1, 0.15) is 33.6 Å². The van der Waals surface area contributed by atoms with Gasteiger partial charge in [0.05, 0.1) is 11.4 Å². The Morgan fingerprint density at radius 2 is 1.57 bits per heavy atom. The van der Waals surface area contributed by atoms with Crippen molar-refractivity contribution in [2.24, 2.45) is 0 Å². The zero-order chi connectivity index (χ0) is 24.9. The van der Waals surface area contributed by atoms with Crippen molar-refractivity contribution in [2.45, 2.75) is 34.2 Å². The first-order valence-corrected chi connectivity index (χ1v) is 13.0. The number of hydrogen-bond acceptors (Lipinski definition) is 3. The lowest BCUT2D eigenvalue weighted by Gasteiger charge is -2.13. The number of nitrogens with zero attached hydrogens (tertiary/aromatic N) is 2. The standard InChI is InChI=1S/C29H25BrN2O2S/c1-17-11-25(12-18(2)27(17)30)32-19(3)13-24(20(32)4)15-26-28(33)31(29(34)35-26)16-21-9-10-22-7-5-6-8-23(22)14-21/h5-15H,16H2,1-4H3/b26-15-. The molecule has 1 fully saturated rings. The molecule has 0 unspecified atom stereocenters. The normalized spacial score (nSPS) is 15.1. The molecule has 1 aliphatic rings. The maximum absolute atomic E-state index is 13.2. The Kier molecular flexibility index (Phi) is 6.20. The van der Waals surface area contributed by atoms with Gasteiger partial charge in [-0.05, 0) is 103 Å². The lowest BCUT2D eigenvalue weighted by molar-refractivity contribution is -0.123. The summed E-state index contributed by atoms with van der Waals surface area (Å²) in [4.78, 5) is 27.7. The lowest BCUT2D eigenvalue weighted by atomic mass is 10.1. The van der Waals surface area contributed by atoms with Crippen LogP contribution in [0.4, 0.5) is 4.79 Å². The monoisotopic (exact) mass is 544 g/mol. The van der Waals surface area contributed by atoms with Crippen molar-refractivity contribution in [3.8, 4) is 5.69 Å². The number of hydrogen-bond donors (Lipinski definition) is 0. The maximum Gasteiger partial charge on any atom is 0.293 e. The average Bonchev–Trinajstić information content (AvgIpc) is 3.26. The molecule has 0 atom stereocenters. The summed E-state index contributed by atoms with van der Waals surface area (Å²) in [6.45, 7) is 8.54. The summed E-state index contributed by atoms with van der Waals surface area (Å²) in [5.41, 5.74) is 7.41. The number of thioether (sulfide) groups is 1. The number of benzene rings is 3. The topological polar surface area (TPSA) is 42.3 Å². The van der Waals surface area contributed by atoms with Gasteiger partial charge in [0.15, 0.2) is 0 Å². The van der Waals surface area contributed by atoms with Crippen LogP contribution in [0.25, 0.3) is 22.5 Å². The number of imide groups is 1. The zero-order valence-electron chi connectivity index (χ0n) is 20.1. The maximum atomic E-state index is 13.2. The van der Waals surface area contributed by atoms with Gasteiger partial charge in [-0.3, -0.25) is 14.5 Å². The van der Waals surface area contributed by atoms with Gasteiger partial charge in [-0.1, -0.05) is 52.3 Å². The van der Waals surface area contributed by atoms with Gasteiger partial charge < -0.3 is 4.57 Å². The van der Waals surface area contributed by atoms with Crippen molar-refractivity contribution in [1.29, 1.82) is 0 Å². The largest absolute Gasteiger partial charge is 0.318 e. The molecular formula is C29H25BrN2O2S. The number of carbonyl (C=O) groups excluding carboxylic acids is 2. The second-order valence-corrected chi connectivity index (χ2v) is 10.8. The molecule has 0 N–H and O–H groups in total. The Labute approximate surface area is 217 Å². The molecule has 4 nitrogen and oxygen atoms in total. The number of halogens is 1. The van der Waals surface area contributed by atoms with Crippen molar-refractivity contribution in [2.75, 3.05) is 0 Å². The number of aromatic nitrogens is 1. The average molecular weight is 546 g/mol. The highest BCUT2D eigenvalue weighted by atomic mass is 79.9. The summed E-state index contributed by atoms with van der Waals surface area (Å²) >= 11 is 4.65. The smallest absolute Gasteiger partial charge is 0.293 e. The van der Waals surface area contributed by atoms with Crippen molar-refractivity contribution < 1.29 is 9.59 Å². The number of rotatable bonds is 4. The van der Waals surface area contributed by atoms with E-state index < -0.39 is 0 Å². The molecule has 0 radical (unpaired) electrons. The van der Waals surface area contributed by atoms with Crippen LogP contribution >= 0.6 is 27.7 Å². The lowest BCUT2D eigenvalue weighted by Crippen LogP contribution is -2.27. The minimum absolute atomic E-state index is 0.234. The highest BCUT2D eigenvalue weighted by molar-refractivity contribution is 9.10. The predicted octanol–water partition coefficient (Wildman–Crippen LogP) is 7.86. The number of fused-ring (bicyclic) bond motifs is 1. The summed E-state index contributed by atoms with van der Waals surface area (Å²) in [5.74, 6) is -0.242.